The summed E-state index contributed by atoms with van der Waals surface area (Å²) in [5.41, 5.74) is 3.48. The maximum Gasteiger partial charge on any atom is 0.220 e. The SMILES string of the molecule is CSCCC(=O)NCCn1nc(C)c(C)c1C. The Labute approximate surface area is 107 Å². The molecule has 0 radical (unpaired) electrons. The molecule has 0 aliphatic carbocycles. The number of hydrogen-bond acceptors (Lipinski definition) is 3. The molecule has 0 aliphatic rings. The smallest absolute Gasteiger partial charge is 0.220 e. The highest BCUT2D eigenvalue weighted by Gasteiger charge is 2.07. The molecule has 0 fully saturated rings. The molecular weight excluding hydrogens is 234 g/mol. The molecular formula is C12H21N3OS. The van der Waals surface area contributed by atoms with Crippen LogP contribution in [0.1, 0.15) is 23.4 Å². The number of hydrogen-bond donors (Lipinski definition) is 1. The van der Waals surface area contributed by atoms with Crippen molar-refractivity contribution in [1.29, 1.82) is 0 Å². The van der Waals surface area contributed by atoms with Crippen molar-refractivity contribution in [2.75, 3.05) is 18.6 Å². The van der Waals surface area contributed by atoms with Crippen LogP contribution in [0, 0.1) is 20.8 Å². The highest BCUT2D eigenvalue weighted by Crippen LogP contribution is 2.10. The summed E-state index contributed by atoms with van der Waals surface area (Å²) >= 11 is 1.69. The third-order valence-corrected chi connectivity index (χ3v) is 3.53. The summed E-state index contributed by atoms with van der Waals surface area (Å²) in [5.74, 6) is 1.00. The van der Waals surface area contributed by atoms with Crippen molar-refractivity contribution < 1.29 is 4.79 Å². The molecule has 1 aromatic rings. The monoisotopic (exact) mass is 255 g/mol. The van der Waals surface area contributed by atoms with Gasteiger partial charge >= 0.3 is 0 Å². The maximum atomic E-state index is 11.4. The van der Waals surface area contributed by atoms with Crippen LogP contribution in [0.4, 0.5) is 0 Å². The fourth-order valence-corrected chi connectivity index (χ4v) is 1.98. The minimum Gasteiger partial charge on any atom is -0.354 e. The first-order valence-electron chi connectivity index (χ1n) is 5.82. The molecule has 0 bridgehead atoms. The Balaban J connectivity index is 2.36. The number of aromatic nitrogens is 2. The summed E-state index contributed by atoms with van der Waals surface area (Å²) in [6, 6.07) is 0. The molecule has 5 heteroatoms. The minimum absolute atomic E-state index is 0.123. The van der Waals surface area contributed by atoms with Crippen molar-refractivity contribution in [1.82, 2.24) is 15.1 Å². The molecule has 1 aromatic heterocycles. The number of thioether (sulfide) groups is 1. The van der Waals surface area contributed by atoms with E-state index in [1.165, 1.54) is 11.3 Å². The highest BCUT2D eigenvalue weighted by molar-refractivity contribution is 7.98. The molecule has 1 heterocycles. The van der Waals surface area contributed by atoms with Crippen LogP contribution < -0.4 is 5.32 Å². The Kier molecular flexibility index (Phi) is 5.55. The third-order valence-electron chi connectivity index (χ3n) is 2.92. The highest BCUT2D eigenvalue weighted by atomic mass is 32.2. The Morgan fingerprint density at radius 1 is 1.41 bits per heavy atom. The molecule has 0 aliphatic heterocycles. The molecule has 1 rings (SSSR count). The van der Waals surface area contributed by atoms with Gasteiger partial charge in [-0.25, -0.2) is 0 Å². The second-order valence-electron chi connectivity index (χ2n) is 4.11. The Morgan fingerprint density at radius 3 is 2.65 bits per heavy atom. The average Bonchev–Trinajstić information content (AvgIpc) is 2.54. The predicted molar refractivity (Wildman–Crippen MR) is 72.4 cm³/mol. The van der Waals surface area contributed by atoms with E-state index in [2.05, 4.69) is 24.3 Å². The summed E-state index contributed by atoms with van der Waals surface area (Å²) in [4.78, 5) is 11.4. The van der Waals surface area contributed by atoms with Gasteiger partial charge in [-0.1, -0.05) is 0 Å². The maximum absolute atomic E-state index is 11.4. The van der Waals surface area contributed by atoms with Gasteiger partial charge in [-0.2, -0.15) is 16.9 Å². The minimum atomic E-state index is 0.123. The fraction of sp³-hybridized carbons (Fsp3) is 0.667. The van der Waals surface area contributed by atoms with Crippen molar-refractivity contribution in [3.05, 3.63) is 17.0 Å². The number of carbonyl (C=O) groups excluding carboxylic acids is 1. The van der Waals surface area contributed by atoms with Crippen molar-refractivity contribution in [2.45, 2.75) is 33.7 Å². The van der Waals surface area contributed by atoms with E-state index in [9.17, 15) is 4.79 Å². The zero-order valence-electron chi connectivity index (χ0n) is 11.0. The van der Waals surface area contributed by atoms with Gasteiger partial charge in [0.1, 0.15) is 0 Å². The second kappa shape index (κ2) is 6.69. The molecule has 0 saturated heterocycles. The van der Waals surface area contributed by atoms with Crippen LogP contribution in [-0.4, -0.2) is 34.2 Å². The van der Waals surface area contributed by atoms with E-state index in [1.54, 1.807) is 11.8 Å². The number of amides is 1. The first-order valence-corrected chi connectivity index (χ1v) is 7.22. The molecule has 0 saturated carbocycles. The summed E-state index contributed by atoms with van der Waals surface area (Å²) in [7, 11) is 0. The van der Waals surface area contributed by atoms with Gasteiger partial charge < -0.3 is 5.32 Å². The van der Waals surface area contributed by atoms with E-state index in [0.717, 1.165) is 18.0 Å². The van der Waals surface area contributed by atoms with Gasteiger partial charge in [-0.3, -0.25) is 9.48 Å². The number of nitrogens with one attached hydrogen (secondary N) is 1. The lowest BCUT2D eigenvalue weighted by atomic mass is 10.2. The van der Waals surface area contributed by atoms with Crippen LogP contribution in [-0.2, 0) is 11.3 Å². The lowest BCUT2D eigenvalue weighted by Crippen LogP contribution is -2.28. The van der Waals surface area contributed by atoms with E-state index in [1.807, 2.05) is 17.9 Å². The normalized spacial score (nSPS) is 10.6. The summed E-state index contributed by atoms with van der Waals surface area (Å²) in [6.45, 7) is 7.53. The quantitative estimate of drug-likeness (QED) is 0.841. The van der Waals surface area contributed by atoms with E-state index in [0.29, 0.717) is 13.0 Å². The Hall–Kier alpha value is -0.970. The molecule has 4 nitrogen and oxygen atoms in total. The van der Waals surface area contributed by atoms with Crippen molar-refractivity contribution >= 4 is 17.7 Å². The van der Waals surface area contributed by atoms with Crippen molar-refractivity contribution in [2.24, 2.45) is 0 Å². The molecule has 0 unspecified atom stereocenters. The number of aryl methyl sites for hydroxylation is 1. The third kappa shape index (κ3) is 4.07. The zero-order chi connectivity index (χ0) is 12.8. The largest absolute Gasteiger partial charge is 0.354 e. The van der Waals surface area contributed by atoms with E-state index < -0.39 is 0 Å². The van der Waals surface area contributed by atoms with E-state index in [4.69, 9.17) is 0 Å². The zero-order valence-corrected chi connectivity index (χ0v) is 11.9. The van der Waals surface area contributed by atoms with Crippen LogP contribution in [0.3, 0.4) is 0 Å². The van der Waals surface area contributed by atoms with Crippen LogP contribution in [0.5, 0.6) is 0 Å². The molecule has 1 amide bonds. The van der Waals surface area contributed by atoms with Crippen LogP contribution in [0.25, 0.3) is 0 Å². The molecule has 17 heavy (non-hydrogen) atoms. The van der Waals surface area contributed by atoms with Gasteiger partial charge in [-0.15, -0.1) is 0 Å². The number of rotatable bonds is 6. The lowest BCUT2D eigenvalue weighted by Gasteiger charge is -2.06. The van der Waals surface area contributed by atoms with Gasteiger partial charge in [0.2, 0.25) is 5.91 Å². The molecule has 1 N–H and O–H groups in total. The average molecular weight is 255 g/mol. The summed E-state index contributed by atoms with van der Waals surface area (Å²) < 4.78 is 1.96. The van der Waals surface area contributed by atoms with Gasteiger partial charge in [-0.05, 0) is 32.6 Å². The van der Waals surface area contributed by atoms with E-state index in [-0.39, 0.29) is 5.91 Å². The van der Waals surface area contributed by atoms with Gasteiger partial charge in [0, 0.05) is 24.4 Å². The Morgan fingerprint density at radius 2 is 2.12 bits per heavy atom. The topological polar surface area (TPSA) is 46.9 Å². The molecule has 0 spiro atoms. The van der Waals surface area contributed by atoms with Gasteiger partial charge in [0.05, 0.1) is 12.2 Å². The molecule has 0 atom stereocenters. The Bertz CT molecular complexity index is 387. The predicted octanol–water partition coefficient (Wildman–Crippen LogP) is 1.68. The van der Waals surface area contributed by atoms with Gasteiger partial charge in [0.25, 0.3) is 0 Å². The number of nitrogens with zero attached hydrogens (tertiary/aromatic N) is 2. The van der Waals surface area contributed by atoms with Crippen LogP contribution >= 0.6 is 11.8 Å². The first-order chi connectivity index (χ1) is 8.06. The summed E-state index contributed by atoms with van der Waals surface area (Å²) in [5, 5.41) is 7.34. The second-order valence-corrected chi connectivity index (χ2v) is 5.10. The lowest BCUT2D eigenvalue weighted by molar-refractivity contribution is -0.120. The summed E-state index contributed by atoms with van der Waals surface area (Å²) in [6.07, 6.45) is 2.60. The molecule has 0 aromatic carbocycles. The standard InChI is InChI=1S/C12H21N3OS/c1-9-10(2)14-15(11(9)3)7-6-13-12(16)5-8-17-4/h5-8H2,1-4H3,(H,13,16). The van der Waals surface area contributed by atoms with Gasteiger partial charge in [0.15, 0.2) is 0 Å². The van der Waals surface area contributed by atoms with E-state index >= 15 is 0 Å². The van der Waals surface area contributed by atoms with Crippen molar-refractivity contribution in [3.63, 3.8) is 0 Å². The fourth-order valence-electron chi connectivity index (χ4n) is 1.59. The van der Waals surface area contributed by atoms with Crippen molar-refractivity contribution in [3.8, 4) is 0 Å². The number of carbonyl (C=O) groups is 1. The van der Waals surface area contributed by atoms with Crippen LogP contribution in [0.2, 0.25) is 0 Å². The first kappa shape index (κ1) is 14.1. The van der Waals surface area contributed by atoms with Crippen LogP contribution in [0.15, 0.2) is 0 Å². The molecule has 96 valence electrons.